The van der Waals surface area contributed by atoms with Crippen LogP contribution in [0.1, 0.15) is 17.7 Å². The molecule has 0 atom stereocenters. The van der Waals surface area contributed by atoms with Gasteiger partial charge in [-0.3, -0.25) is 0 Å². The van der Waals surface area contributed by atoms with Gasteiger partial charge in [0.05, 0.1) is 17.8 Å². The second-order valence-electron chi connectivity index (χ2n) is 3.38. The first-order valence-corrected chi connectivity index (χ1v) is 6.13. The number of aromatic nitrogens is 2. The van der Waals surface area contributed by atoms with Crippen LogP contribution in [0, 0.1) is 0 Å². The van der Waals surface area contributed by atoms with Crippen molar-refractivity contribution in [2.45, 2.75) is 12.3 Å². The summed E-state index contributed by atoms with van der Waals surface area (Å²) < 4.78 is 28.0. The summed E-state index contributed by atoms with van der Waals surface area (Å²) in [7, 11) is 0. The normalized spacial score (nSPS) is 11.1. The Morgan fingerprint density at radius 3 is 2.47 bits per heavy atom. The summed E-state index contributed by atoms with van der Waals surface area (Å²) >= 11 is 8.89. The van der Waals surface area contributed by atoms with E-state index in [1.54, 1.807) is 24.3 Å². The molecule has 0 aliphatic carbocycles. The van der Waals surface area contributed by atoms with Gasteiger partial charge >= 0.3 is 0 Å². The van der Waals surface area contributed by atoms with E-state index in [2.05, 4.69) is 21.0 Å². The maximum atomic E-state index is 12.9. The number of nitrogens with zero attached hydrogens (tertiary/aromatic N) is 2. The summed E-state index contributed by atoms with van der Waals surface area (Å²) in [6.45, 7) is 0. The van der Waals surface area contributed by atoms with Crippen LogP contribution in [0.15, 0.2) is 34.9 Å². The van der Waals surface area contributed by atoms with Gasteiger partial charge in [-0.05, 0) is 24.3 Å². The van der Waals surface area contributed by atoms with Crippen LogP contribution in [-0.2, 0) is 5.88 Å². The molecular formula is C11H8BrClF2N2. The van der Waals surface area contributed by atoms with Crippen LogP contribution in [0.2, 0.25) is 0 Å². The van der Waals surface area contributed by atoms with Gasteiger partial charge in [-0.15, -0.1) is 11.6 Å². The third kappa shape index (κ3) is 2.50. The lowest BCUT2D eigenvalue weighted by Gasteiger charge is -2.08. The first-order valence-electron chi connectivity index (χ1n) is 4.80. The second kappa shape index (κ2) is 5.14. The van der Waals surface area contributed by atoms with Crippen molar-refractivity contribution in [3.8, 4) is 5.69 Å². The van der Waals surface area contributed by atoms with Gasteiger partial charge in [0.1, 0.15) is 5.69 Å². The van der Waals surface area contributed by atoms with Crippen LogP contribution in [0.25, 0.3) is 5.69 Å². The molecule has 1 heterocycles. The molecule has 0 saturated heterocycles. The van der Waals surface area contributed by atoms with Crippen molar-refractivity contribution in [2.75, 3.05) is 0 Å². The van der Waals surface area contributed by atoms with Gasteiger partial charge in [0.15, 0.2) is 0 Å². The highest BCUT2D eigenvalue weighted by Crippen LogP contribution is 2.27. The second-order valence-corrected chi connectivity index (χ2v) is 4.56. The van der Waals surface area contributed by atoms with Crippen LogP contribution in [-0.4, -0.2) is 9.78 Å². The summed E-state index contributed by atoms with van der Waals surface area (Å²) in [6.07, 6.45) is -1.23. The van der Waals surface area contributed by atoms with Crippen LogP contribution in [0.3, 0.4) is 0 Å². The van der Waals surface area contributed by atoms with Crippen molar-refractivity contribution in [3.63, 3.8) is 0 Å². The fourth-order valence-electron chi connectivity index (χ4n) is 1.52. The van der Waals surface area contributed by atoms with Gasteiger partial charge in [-0.2, -0.15) is 5.10 Å². The standard InChI is InChI=1S/C11H8BrClF2N2/c12-8-1-3-9(4-2-8)17-10(11(14)15)7(5-13)6-16-17/h1-4,6,11H,5H2. The molecule has 0 fully saturated rings. The van der Waals surface area contributed by atoms with Crippen LogP contribution in [0.4, 0.5) is 8.78 Å². The summed E-state index contributed by atoms with van der Waals surface area (Å²) in [5.41, 5.74) is 0.784. The minimum atomic E-state index is -2.60. The average Bonchev–Trinajstić information content (AvgIpc) is 2.73. The molecular weight excluding hydrogens is 313 g/mol. The van der Waals surface area contributed by atoms with Crippen LogP contribution >= 0.6 is 27.5 Å². The monoisotopic (exact) mass is 320 g/mol. The Morgan fingerprint density at radius 1 is 1.29 bits per heavy atom. The lowest BCUT2D eigenvalue weighted by atomic mass is 10.2. The Labute approximate surface area is 110 Å². The van der Waals surface area contributed by atoms with Crippen LogP contribution < -0.4 is 0 Å². The first kappa shape index (κ1) is 12.5. The Bertz CT molecular complexity index is 511. The fourth-order valence-corrected chi connectivity index (χ4v) is 1.99. The number of rotatable bonds is 3. The maximum Gasteiger partial charge on any atom is 0.280 e. The summed E-state index contributed by atoms with van der Waals surface area (Å²) in [6, 6.07) is 6.96. The molecule has 0 unspecified atom stereocenters. The molecule has 1 aromatic carbocycles. The number of alkyl halides is 3. The number of benzene rings is 1. The van der Waals surface area contributed by atoms with E-state index in [-0.39, 0.29) is 11.6 Å². The zero-order valence-electron chi connectivity index (χ0n) is 8.58. The highest BCUT2D eigenvalue weighted by molar-refractivity contribution is 9.10. The SMILES string of the molecule is FC(F)c1c(CCl)cnn1-c1ccc(Br)cc1. The van der Waals surface area contributed by atoms with Gasteiger partial charge in [0.2, 0.25) is 0 Å². The van der Waals surface area contributed by atoms with E-state index in [4.69, 9.17) is 11.6 Å². The van der Waals surface area contributed by atoms with Crippen molar-refractivity contribution in [2.24, 2.45) is 0 Å². The topological polar surface area (TPSA) is 17.8 Å². The molecule has 0 spiro atoms. The number of hydrogen-bond acceptors (Lipinski definition) is 1. The smallest absolute Gasteiger partial charge is 0.232 e. The third-order valence-corrected chi connectivity index (χ3v) is 3.12. The van der Waals surface area contributed by atoms with E-state index in [0.717, 1.165) is 4.47 Å². The van der Waals surface area contributed by atoms with E-state index < -0.39 is 6.43 Å². The number of halogens is 4. The third-order valence-electron chi connectivity index (χ3n) is 2.31. The molecule has 0 saturated carbocycles. The maximum absolute atomic E-state index is 12.9. The lowest BCUT2D eigenvalue weighted by molar-refractivity contribution is 0.142. The minimum Gasteiger partial charge on any atom is -0.232 e. The fraction of sp³-hybridized carbons (Fsp3) is 0.182. The minimum absolute atomic E-state index is 0.0240. The van der Waals surface area contributed by atoms with Crippen molar-refractivity contribution in [1.82, 2.24) is 9.78 Å². The predicted octanol–water partition coefficient (Wildman–Crippen LogP) is 4.31. The molecule has 2 aromatic rings. The summed E-state index contributed by atoms with van der Waals surface area (Å²) in [5.74, 6) is 0.0240. The van der Waals surface area contributed by atoms with Gasteiger partial charge in [0.25, 0.3) is 6.43 Å². The molecule has 0 radical (unpaired) electrons. The molecule has 0 bridgehead atoms. The Balaban J connectivity index is 2.51. The van der Waals surface area contributed by atoms with Crippen molar-refractivity contribution < 1.29 is 8.78 Å². The Morgan fingerprint density at radius 2 is 1.94 bits per heavy atom. The summed E-state index contributed by atoms with van der Waals surface area (Å²) in [5, 5.41) is 3.95. The molecule has 2 nitrogen and oxygen atoms in total. The highest BCUT2D eigenvalue weighted by Gasteiger charge is 2.20. The van der Waals surface area contributed by atoms with Gasteiger partial charge in [0, 0.05) is 10.0 Å². The van der Waals surface area contributed by atoms with Gasteiger partial charge < -0.3 is 0 Å². The Kier molecular flexibility index (Phi) is 3.79. The van der Waals surface area contributed by atoms with E-state index in [1.165, 1.54) is 10.9 Å². The van der Waals surface area contributed by atoms with E-state index in [1.807, 2.05) is 0 Å². The molecule has 0 aliphatic rings. The highest BCUT2D eigenvalue weighted by atomic mass is 79.9. The predicted molar refractivity (Wildman–Crippen MR) is 65.8 cm³/mol. The van der Waals surface area contributed by atoms with E-state index in [9.17, 15) is 8.78 Å². The summed E-state index contributed by atoms with van der Waals surface area (Å²) in [4.78, 5) is 0. The Hall–Kier alpha value is -0.940. The molecule has 0 amide bonds. The van der Waals surface area contributed by atoms with Crippen LogP contribution in [0.5, 0.6) is 0 Å². The van der Waals surface area contributed by atoms with E-state index in [0.29, 0.717) is 11.3 Å². The molecule has 0 N–H and O–H groups in total. The van der Waals surface area contributed by atoms with Crippen molar-refractivity contribution >= 4 is 27.5 Å². The molecule has 1 aromatic heterocycles. The average molecular weight is 322 g/mol. The molecule has 2 rings (SSSR count). The van der Waals surface area contributed by atoms with Gasteiger partial charge in [-0.1, -0.05) is 15.9 Å². The van der Waals surface area contributed by atoms with Crippen molar-refractivity contribution in [3.05, 3.63) is 46.2 Å². The molecule has 6 heteroatoms. The number of hydrogen-bond donors (Lipinski definition) is 0. The first-order chi connectivity index (χ1) is 8.13. The zero-order chi connectivity index (χ0) is 12.4. The van der Waals surface area contributed by atoms with Crippen molar-refractivity contribution in [1.29, 1.82) is 0 Å². The lowest BCUT2D eigenvalue weighted by Crippen LogP contribution is -2.03. The largest absolute Gasteiger partial charge is 0.280 e. The molecule has 17 heavy (non-hydrogen) atoms. The molecule has 90 valence electrons. The molecule has 0 aliphatic heterocycles. The van der Waals surface area contributed by atoms with Gasteiger partial charge in [-0.25, -0.2) is 13.5 Å². The zero-order valence-corrected chi connectivity index (χ0v) is 10.9. The quantitative estimate of drug-likeness (QED) is 0.770. The van der Waals surface area contributed by atoms with E-state index >= 15 is 0 Å².